The van der Waals surface area contributed by atoms with Gasteiger partial charge in [-0.15, -0.1) is 0 Å². The predicted octanol–water partition coefficient (Wildman–Crippen LogP) is 1.42. The van der Waals surface area contributed by atoms with Gasteiger partial charge in [0.15, 0.2) is 5.69 Å². The minimum atomic E-state index is -1.05. The third-order valence-electron chi connectivity index (χ3n) is 5.05. The summed E-state index contributed by atoms with van der Waals surface area (Å²) >= 11 is 0. The van der Waals surface area contributed by atoms with E-state index < -0.39 is 5.54 Å². The van der Waals surface area contributed by atoms with Crippen molar-refractivity contribution in [2.24, 2.45) is 5.92 Å². The summed E-state index contributed by atoms with van der Waals surface area (Å²) in [5.41, 5.74) is -0.527. The smallest absolute Gasteiger partial charge is 0.272 e. The molecule has 1 aliphatic rings. The fourth-order valence-corrected chi connectivity index (χ4v) is 2.97. The van der Waals surface area contributed by atoms with Gasteiger partial charge in [-0.25, -0.2) is 0 Å². The van der Waals surface area contributed by atoms with E-state index in [1.54, 1.807) is 14.0 Å². The number of nitrogens with one attached hydrogen (secondary N) is 2. The normalized spacial score (nSPS) is 19.2. The van der Waals surface area contributed by atoms with E-state index in [-0.39, 0.29) is 30.0 Å². The average Bonchev–Trinajstić information content (AvgIpc) is 3.03. The Morgan fingerprint density at radius 3 is 2.63 bits per heavy atom. The van der Waals surface area contributed by atoms with Crippen molar-refractivity contribution in [1.82, 2.24) is 25.3 Å². The molecular formula is C19H31N5O3. The fraction of sp³-hybridized carbons (Fsp3) is 0.684. The number of amides is 3. The molecule has 0 saturated carbocycles. The minimum absolute atomic E-state index is 0.201. The molecule has 0 bridgehead atoms. The van der Waals surface area contributed by atoms with Crippen LogP contribution >= 0.6 is 0 Å². The molecule has 1 aromatic heterocycles. The first-order valence-corrected chi connectivity index (χ1v) is 9.63. The van der Waals surface area contributed by atoms with Crippen LogP contribution in [0.1, 0.15) is 67.9 Å². The molecule has 8 heteroatoms. The molecule has 0 saturated heterocycles. The number of likely N-dealkylation sites (N-methyl/N-ethyl adjacent to an activating group) is 1. The summed E-state index contributed by atoms with van der Waals surface area (Å²) in [6.45, 7) is 9.29. The van der Waals surface area contributed by atoms with Crippen molar-refractivity contribution in [3.63, 3.8) is 0 Å². The van der Waals surface area contributed by atoms with Crippen LogP contribution in [-0.4, -0.2) is 58.1 Å². The Morgan fingerprint density at radius 2 is 2.00 bits per heavy atom. The molecule has 0 fully saturated rings. The van der Waals surface area contributed by atoms with Gasteiger partial charge in [-0.2, -0.15) is 5.10 Å². The van der Waals surface area contributed by atoms with Crippen molar-refractivity contribution >= 4 is 17.7 Å². The maximum Gasteiger partial charge on any atom is 0.272 e. The monoisotopic (exact) mass is 377 g/mol. The van der Waals surface area contributed by atoms with E-state index in [0.29, 0.717) is 24.7 Å². The first-order valence-electron chi connectivity index (χ1n) is 9.63. The van der Waals surface area contributed by atoms with Crippen molar-refractivity contribution in [2.45, 2.75) is 59.0 Å². The molecule has 1 atom stereocenters. The molecule has 3 amide bonds. The standard InChI is InChI=1S/C19H31N5O3/c1-6-7-9-20-16(25)14-11-15-17(26)23(5)19(4,12-24(15)22-14)18(27)21-10-8-13(2)3/h11,13H,6-10,12H2,1-5H3,(H,20,25)(H,21,27)/t19-/m0/s1. The molecule has 27 heavy (non-hydrogen) atoms. The Balaban J connectivity index is 2.16. The van der Waals surface area contributed by atoms with E-state index in [1.165, 1.54) is 15.6 Å². The van der Waals surface area contributed by atoms with Gasteiger partial charge in [-0.3, -0.25) is 19.1 Å². The summed E-state index contributed by atoms with van der Waals surface area (Å²) in [6, 6.07) is 1.50. The predicted molar refractivity (Wildman–Crippen MR) is 102 cm³/mol. The van der Waals surface area contributed by atoms with Crippen LogP contribution in [-0.2, 0) is 11.3 Å². The zero-order chi connectivity index (χ0) is 20.2. The highest BCUT2D eigenvalue weighted by atomic mass is 16.2. The summed E-state index contributed by atoms with van der Waals surface area (Å²) in [4.78, 5) is 39.2. The molecule has 0 aromatic carbocycles. The molecule has 0 aliphatic carbocycles. The molecule has 2 rings (SSSR count). The third-order valence-corrected chi connectivity index (χ3v) is 5.05. The van der Waals surface area contributed by atoms with E-state index in [4.69, 9.17) is 0 Å². The molecule has 2 N–H and O–H groups in total. The molecule has 2 heterocycles. The lowest BCUT2D eigenvalue weighted by atomic mass is 9.95. The molecule has 150 valence electrons. The van der Waals surface area contributed by atoms with Crippen molar-refractivity contribution in [3.8, 4) is 0 Å². The number of unbranched alkanes of at least 4 members (excludes halogenated alkanes) is 1. The zero-order valence-electron chi connectivity index (χ0n) is 17.0. The van der Waals surface area contributed by atoms with Crippen LogP contribution < -0.4 is 10.6 Å². The lowest BCUT2D eigenvalue weighted by Gasteiger charge is -2.40. The van der Waals surface area contributed by atoms with Gasteiger partial charge in [0.2, 0.25) is 5.91 Å². The van der Waals surface area contributed by atoms with Gasteiger partial charge >= 0.3 is 0 Å². The summed E-state index contributed by atoms with van der Waals surface area (Å²) in [6.07, 6.45) is 2.73. The van der Waals surface area contributed by atoms with E-state index in [2.05, 4.69) is 29.6 Å². The molecule has 1 aliphatic heterocycles. The van der Waals surface area contributed by atoms with Gasteiger partial charge in [0.25, 0.3) is 11.8 Å². The van der Waals surface area contributed by atoms with Gasteiger partial charge in [0, 0.05) is 26.2 Å². The molecule has 0 spiro atoms. The number of hydrogen-bond acceptors (Lipinski definition) is 4. The Bertz CT molecular complexity index is 712. The summed E-state index contributed by atoms with van der Waals surface area (Å²) < 4.78 is 1.47. The Labute approximate surface area is 160 Å². The van der Waals surface area contributed by atoms with Gasteiger partial charge < -0.3 is 15.5 Å². The van der Waals surface area contributed by atoms with Gasteiger partial charge in [-0.1, -0.05) is 27.2 Å². The number of hydrogen-bond donors (Lipinski definition) is 2. The highest BCUT2D eigenvalue weighted by molar-refractivity contribution is 6.01. The van der Waals surface area contributed by atoms with Crippen molar-refractivity contribution in [2.75, 3.05) is 20.1 Å². The Hall–Kier alpha value is -2.38. The van der Waals surface area contributed by atoms with E-state index in [0.717, 1.165) is 19.3 Å². The van der Waals surface area contributed by atoms with Crippen molar-refractivity contribution < 1.29 is 14.4 Å². The van der Waals surface area contributed by atoms with Gasteiger partial charge in [0.1, 0.15) is 11.2 Å². The maximum atomic E-state index is 12.8. The second-order valence-electron chi connectivity index (χ2n) is 7.76. The first-order chi connectivity index (χ1) is 12.7. The van der Waals surface area contributed by atoms with Crippen LogP contribution in [0.25, 0.3) is 0 Å². The Morgan fingerprint density at radius 1 is 1.30 bits per heavy atom. The zero-order valence-corrected chi connectivity index (χ0v) is 17.0. The number of carbonyl (C=O) groups excluding carboxylic acids is 3. The second kappa shape index (κ2) is 8.54. The SMILES string of the molecule is CCCCNC(=O)c1cc2n(n1)C[C@@](C)(C(=O)NCCC(C)C)N(C)C2=O. The lowest BCUT2D eigenvalue weighted by Crippen LogP contribution is -2.62. The number of carbonyl (C=O) groups is 3. The van der Waals surface area contributed by atoms with Gasteiger partial charge in [0.05, 0.1) is 6.54 Å². The molecule has 8 nitrogen and oxygen atoms in total. The number of fused-ring (bicyclic) bond motifs is 1. The lowest BCUT2D eigenvalue weighted by molar-refractivity contribution is -0.132. The number of nitrogens with zero attached hydrogens (tertiary/aromatic N) is 3. The van der Waals surface area contributed by atoms with E-state index in [1.807, 2.05) is 6.92 Å². The summed E-state index contributed by atoms with van der Waals surface area (Å²) in [5, 5.41) is 9.99. The Kier molecular flexibility index (Phi) is 6.62. The van der Waals surface area contributed by atoms with E-state index in [9.17, 15) is 14.4 Å². The first kappa shape index (κ1) is 20.9. The topological polar surface area (TPSA) is 96.3 Å². The molecule has 0 unspecified atom stereocenters. The van der Waals surface area contributed by atoms with Crippen LogP contribution in [0, 0.1) is 5.92 Å². The van der Waals surface area contributed by atoms with E-state index >= 15 is 0 Å². The summed E-state index contributed by atoms with van der Waals surface area (Å²) in [7, 11) is 1.61. The number of aromatic nitrogens is 2. The molecule has 0 radical (unpaired) electrons. The average molecular weight is 377 g/mol. The maximum absolute atomic E-state index is 12.8. The molecule has 1 aromatic rings. The van der Waals surface area contributed by atoms with Crippen LogP contribution in [0.4, 0.5) is 0 Å². The van der Waals surface area contributed by atoms with Crippen LogP contribution in [0.15, 0.2) is 6.07 Å². The van der Waals surface area contributed by atoms with Crippen LogP contribution in [0.2, 0.25) is 0 Å². The van der Waals surface area contributed by atoms with Gasteiger partial charge in [-0.05, 0) is 25.7 Å². The number of rotatable bonds is 8. The largest absolute Gasteiger partial charge is 0.354 e. The third kappa shape index (κ3) is 4.48. The fourth-order valence-electron chi connectivity index (χ4n) is 2.97. The second-order valence-corrected chi connectivity index (χ2v) is 7.76. The van der Waals surface area contributed by atoms with Crippen molar-refractivity contribution in [1.29, 1.82) is 0 Å². The van der Waals surface area contributed by atoms with Crippen LogP contribution in [0.3, 0.4) is 0 Å². The highest BCUT2D eigenvalue weighted by Gasteiger charge is 2.46. The molecular weight excluding hydrogens is 346 g/mol. The van der Waals surface area contributed by atoms with Crippen LogP contribution in [0.5, 0.6) is 0 Å². The highest BCUT2D eigenvalue weighted by Crippen LogP contribution is 2.26. The summed E-state index contributed by atoms with van der Waals surface area (Å²) in [5.74, 6) is -0.351. The quantitative estimate of drug-likeness (QED) is 0.670. The minimum Gasteiger partial charge on any atom is -0.354 e. The van der Waals surface area contributed by atoms with Crippen molar-refractivity contribution in [3.05, 3.63) is 17.5 Å².